The summed E-state index contributed by atoms with van der Waals surface area (Å²) in [6.07, 6.45) is -4.06. The molecule has 0 saturated heterocycles. The highest BCUT2D eigenvalue weighted by Crippen LogP contribution is 2.21. The molecule has 0 saturated carbocycles. The van der Waals surface area contributed by atoms with Gasteiger partial charge in [0.2, 0.25) is 0 Å². The second-order valence-electron chi connectivity index (χ2n) is 3.51. The van der Waals surface area contributed by atoms with E-state index in [2.05, 4.69) is 10.4 Å². The summed E-state index contributed by atoms with van der Waals surface area (Å²) in [5.41, 5.74) is 0. The number of carbonyl (C=O) groups excluding carboxylic acids is 1. The van der Waals surface area contributed by atoms with Gasteiger partial charge in [-0.1, -0.05) is 0 Å². The summed E-state index contributed by atoms with van der Waals surface area (Å²) in [4.78, 5) is 11.1. The van der Waals surface area contributed by atoms with Crippen molar-refractivity contribution < 1.29 is 22.7 Å². The van der Waals surface area contributed by atoms with E-state index in [1.54, 1.807) is 13.8 Å². The maximum absolute atomic E-state index is 12.2. The van der Waals surface area contributed by atoms with Gasteiger partial charge in [0.05, 0.1) is 6.10 Å². The number of esters is 1. The number of anilines is 1. The van der Waals surface area contributed by atoms with Crippen LogP contribution in [-0.4, -0.2) is 28.4 Å². The third kappa shape index (κ3) is 4.33. The zero-order valence-electron chi connectivity index (χ0n) is 9.28. The Morgan fingerprint density at radius 1 is 1.59 bits per heavy atom. The van der Waals surface area contributed by atoms with Crippen LogP contribution in [0, 0.1) is 0 Å². The van der Waals surface area contributed by atoms with Crippen LogP contribution in [0.5, 0.6) is 0 Å². The molecule has 1 N–H and O–H groups in total. The lowest BCUT2D eigenvalue weighted by atomic mass is 10.5. The minimum atomic E-state index is -4.56. The van der Waals surface area contributed by atoms with E-state index in [-0.39, 0.29) is 23.1 Å². The van der Waals surface area contributed by atoms with Gasteiger partial charge in [-0.15, -0.1) is 18.3 Å². The highest BCUT2D eigenvalue weighted by atomic mass is 19.4. The van der Waals surface area contributed by atoms with Crippen LogP contribution in [0.25, 0.3) is 0 Å². The predicted octanol–water partition coefficient (Wildman–Crippen LogP) is 1.72. The van der Waals surface area contributed by atoms with E-state index in [4.69, 9.17) is 4.74 Å². The van der Waals surface area contributed by atoms with E-state index in [0.29, 0.717) is 0 Å². The Morgan fingerprint density at radius 2 is 2.24 bits per heavy atom. The number of hydrogen-bond acceptors (Lipinski definition) is 4. The number of carbonyl (C=O) groups is 1. The average Bonchev–Trinajstić information content (AvgIpc) is 2.61. The molecule has 0 aliphatic carbocycles. The van der Waals surface area contributed by atoms with Crippen molar-refractivity contribution in [3.8, 4) is 0 Å². The lowest BCUT2D eigenvalue weighted by molar-refractivity contribution is -0.212. The number of hydrogen-bond donors (Lipinski definition) is 1. The van der Waals surface area contributed by atoms with E-state index < -0.39 is 12.3 Å². The highest BCUT2D eigenvalue weighted by molar-refractivity contribution is 5.74. The molecule has 0 bridgehead atoms. The zero-order valence-corrected chi connectivity index (χ0v) is 9.28. The van der Waals surface area contributed by atoms with E-state index >= 15 is 0 Å². The van der Waals surface area contributed by atoms with Crippen LogP contribution >= 0.6 is 0 Å². The molecule has 96 valence electrons. The van der Waals surface area contributed by atoms with Gasteiger partial charge in [-0.05, 0) is 13.8 Å². The van der Waals surface area contributed by atoms with Gasteiger partial charge in [-0.3, -0.25) is 4.79 Å². The normalized spacial score (nSPS) is 11.6. The lowest BCUT2D eigenvalue weighted by Gasteiger charge is -2.08. The number of aromatic nitrogens is 2. The molecule has 0 aliphatic rings. The maximum atomic E-state index is 12.2. The van der Waals surface area contributed by atoms with Crippen molar-refractivity contribution in [2.45, 2.75) is 26.3 Å². The molecule has 1 aromatic heterocycles. The Bertz CT molecular complexity index is 387. The Morgan fingerprint density at radius 3 is 2.71 bits per heavy atom. The van der Waals surface area contributed by atoms with Gasteiger partial charge in [-0.2, -0.15) is 4.68 Å². The number of nitrogens with zero attached hydrogens (tertiary/aromatic N) is 2. The van der Waals surface area contributed by atoms with E-state index in [1.165, 1.54) is 0 Å². The molecular formula is C9H12F3N3O2. The van der Waals surface area contributed by atoms with Gasteiger partial charge in [0.15, 0.2) is 0 Å². The van der Waals surface area contributed by atoms with Gasteiger partial charge >= 0.3 is 12.3 Å². The quantitative estimate of drug-likeness (QED) is 0.828. The minimum absolute atomic E-state index is 0.0389. The van der Waals surface area contributed by atoms with Crippen molar-refractivity contribution in [3.05, 3.63) is 12.3 Å². The molecule has 1 aromatic rings. The second-order valence-corrected chi connectivity index (χ2v) is 3.51. The molecule has 1 rings (SSSR count). The smallest absolute Gasteiger partial charge is 0.462 e. The SMILES string of the molecule is CC(C)OC(=O)CNc1ccn(C(F)(F)F)n1. The van der Waals surface area contributed by atoms with Gasteiger partial charge in [0.1, 0.15) is 12.4 Å². The third-order valence-corrected chi connectivity index (χ3v) is 1.63. The van der Waals surface area contributed by atoms with Crippen molar-refractivity contribution in [2.75, 3.05) is 11.9 Å². The summed E-state index contributed by atoms with van der Waals surface area (Å²) in [5, 5.41) is 5.64. The van der Waals surface area contributed by atoms with Crippen molar-refractivity contribution in [1.29, 1.82) is 0 Å². The summed E-state index contributed by atoms with van der Waals surface area (Å²) >= 11 is 0. The summed E-state index contributed by atoms with van der Waals surface area (Å²) in [6.45, 7) is 3.12. The second kappa shape index (κ2) is 5.07. The van der Waals surface area contributed by atoms with Crippen LogP contribution < -0.4 is 5.32 Å². The van der Waals surface area contributed by atoms with Crippen molar-refractivity contribution in [2.24, 2.45) is 0 Å². The summed E-state index contributed by atoms with van der Waals surface area (Å²) in [6, 6.07) is 1.12. The molecule has 8 heteroatoms. The molecule has 0 fully saturated rings. The first-order valence-corrected chi connectivity index (χ1v) is 4.85. The molecule has 0 unspecified atom stereocenters. The van der Waals surface area contributed by atoms with E-state index in [1.807, 2.05) is 0 Å². The highest BCUT2D eigenvalue weighted by Gasteiger charge is 2.31. The first-order valence-electron chi connectivity index (χ1n) is 4.85. The molecule has 0 atom stereocenters. The van der Waals surface area contributed by atoms with E-state index in [0.717, 1.165) is 12.3 Å². The number of halogens is 3. The zero-order chi connectivity index (χ0) is 13.1. The van der Waals surface area contributed by atoms with Crippen molar-refractivity contribution >= 4 is 11.8 Å². The first-order chi connectivity index (χ1) is 7.79. The van der Waals surface area contributed by atoms with Crippen LogP contribution in [-0.2, 0) is 15.8 Å². The number of rotatable bonds is 4. The Labute approximate surface area is 95.5 Å². The van der Waals surface area contributed by atoms with Gasteiger partial charge < -0.3 is 10.1 Å². The Balaban J connectivity index is 2.48. The van der Waals surface area contributed by atoms with Gasteiger partial charge in [0, 0.05) is 12.3 Å². The Hall–Kier alpha value is -1.73. The monoisotopic (exact) mass is 251 g/mol. The fourth-order valence-electron chi connectivity index (χ4n) is 1.03. The standard InChI is InChI=1S/C9H12F3N3O2/c1-6(2)17-8(16)5-13-7-3-4-15(14-7)9(10,11)12/h3-4,6H,5H2,1-2H3,(H,13,14). The summed E-state index contributed by atoms with van der Waals surface area (Å²) < 4.78 is 41.1. The number of ether oxygens (including phenoxy) is 1. The maximum Gasteiger partial charge on any atom is 0.504 e. The molecule has 0 aromatic carbocycles. The van der Waals surface area contributed by atoms with Crippen LogP contribution in [0.2, 0.25) is 0 Å². The van der Waals surface area contributed by atoms with Crippen LogP contribution in [0.15, 0.2) is 12.3 Å². The van der Waals surface area contributed by atoms with Crippen LogP contribution in [0.1, 0.15) is 13.8 Å². The van der Waals surface area contributed by atoms with Crippen molar-refractivity contribution in [3.63, 3.8) is 0 Å². The van der Waals surface area contributed by atoms with Crippen molar-refractivity contribution in [1.82, 2.24) is 9.78 Å². The summed E-state index contributed by atoms with van der Waals surface area (Å²) in [7, 11) is 0. The van der Waals surface area contributed by atoms with Gasteiger partial charge in [0.25, 0.3) is 0 Å². The minimum Gasteiger partial charge on any atom is -0.462 e. The molecule has 17 heavy (non-hydrogen) atoms. The summed E-state index contributed by atoms with van der Waals surface area (Å²) in [5.74, 6) is -0.593. The fourth-order valence-corrected chi connectivity index (χ4v) is 1.03. The van der Waals surface area contributed by atoms with Crippen LogP contribution in [0.3, 0.4) is 0 Å². The van der Waals surface area contributed by atoms with Gasteiger partial charge in [-0.25, -0.2) is 0 Å². The lowest BCUT2D eigenvalue weighted by Crippen LogP contribution is -2.21. The average molecular weight is 251 g/mol. The molecule has 0 radical (unpaired) electrons. The molecule has 1 heterocycles. The molecule has 5 nitrogen and oxygen atoms in total. The molecule has 0 amide bonds. The van der Waals surface area contributed by atoms with E-state index in [9.17, 15) is 18.0 Å². The predicted molar refractivity (Wildman–Crippen MR) is 53.2 cm³/mol. The topological polar surface area (TPSA) is 56.1 Å². The molecule has 0 spiro atoms. The number of alkyl halides is 3. The Kier molecular flexibility index (Phi) is 3.97. The fraction of sp³-hybridized carbons (Fsp3) is 0.556. The largest absolute Gasteiger partial charge is 0.504 e. The van der Waals surface area contributed by atoms with Crippen LogP contribution in [0.4, 0.5) is 19.0 Å². The molecule has 0 aliphatic heterocycles. The first kappa shape index (κ1) is 13.3. The molecular weight excluding hydrogens is 239 g/mol. The third-order valence-electron chi connectivity index (χ3n) is 1.63. The number of nitrogens with one attached hydrogen (secondary N) is 1.